The minimum atomic E-state index is -0.668. The summed E-state index contributed by atoms with van der Waals surface area (Å²) in [5.74, 6) is -0.0311. The standard InChI is InChI=1S/C69H133NO5/c1-3-5-7-9-11-13-15-17-19-20-21-28-31-34-37-41-45-49-53-57-61-67(72)66(65-71)70-68(73)62-58-54-50-46-42-38-35-32-29-26-24-22-23-25-27-30-33-36-40-44-48-52-56-60-64-75-69(74)63-59-55-51-47-43-39-18-16-14-12-10-8-6-4-2/h16,18,24,26,66-67,71-72H,3-15,17,19-23,25,27-65H2,1-2H3,(H,70,73)/b18-16-,26-24-. The van der Waals surface area contributed by atoms with Crippen LogP contribution in [-0.2, 0) is 14.3 Å². The van der Waals surface area contributed by atoms with Crippen LogP contribution in [0.2, 0.25) is 0 Å². The third kappa shape index (κ3) is 61.4. The molecule has 2 unspecified atom stereocenters. The maximum Gasteiger partial charge on any atom is 0.305 e. The summed E-state index contributed by atoms with van der Waals surface area (Å²) in [7, 11) is 0. The van der Waals surface area contributed by atoms with Crippen molar-refractivity contribution in [2.24, 2.45) is 0 Å². The van der Waals surface area contributed by atoms with E-state index in [4.69, 9.17) is 4.74 Å². The van der Waals surface area contributed by atoms with Crippen molar-refractivity contribution in [2.75, 3.05) is 13.2 Å². The van der Waals surface area contributed by atoms with E-state index in [1.54, 1.807) is 0 Å². The van der Waals surface area contributed by atoms with E-state index in [9.17, 15) is 19.8 Å². The Morgan fingerprint density at radius 1 is 0.360 bits per heavy atom. The lowest BCUT2D eigenvalue weighted by Crippen LogP contribution is -2.45. The molecule has 6 heteroatoms. The molecule has 0 fully saturated rings. The predicted octanol–water partition coefficient (Wildman–Crippen LogP) is 21.8. The van der Waals surface area contributed by atoms with Crippen molar-refractivity contribution in [1.29, 1.82) is 0 Å². The Bertz CT molecular complexity index is 1170. The van der Waals surface area contributed by atoms with Gasteiger partial charge >= 0.3 is 5.97 Å². The van der Waals surface area contributed by atoms with Crippen molar-refractivity contribution in [2.45, 2.75) is 392 Å². The van der Waals surface area contributed by atoms with Gasteiger partial charge < -0.3 is 20.3 Å². The predicted molar refractivity (Wildman–Crippen MR) is 329 cm³/mol. The minimum absolute atomic E-state index is 0.00469. The van der Waals surface area contributed by atoms with Crippen LogP contribution >= 0.6 is 0 Å². The summed E-state index contributed by atoms with van der Waals surface area (Å²) < 4.78 is 5.48. The van der Waals surface area contributed by atoms with Gasteiger partial charge in [0.2, 0.25) is 5.91 Å². The van der Waals surface area contributed by atoms with Crippen LogP contribution in [0.3, 0.4) is 0 Å². The molecule has 3 N–H and O–H groups in total. The monoisotopic (exact) mass is 1060 g/mol. The molecule has 0 aliphatic heterocycles. The molecule has 0 aromatic carbocycles. The summed E-state index contributed by atoms with van der Waals surface area (Å²) in [6.07, 6.45) is 80.7. The van der Waals surface area contributed by atoms with Gasteiger partial charge in [-0.25, -0.2) is 0 Å². The lowest BCUT2D eigenvalue weighted by Gasteiger charge is -2.22. The molecule has 0 aliphatic carbocycles. The molecule has 0 heterocycles. The molecule has 6 nitrogen and oxygen atoms in total. The van der Waals surface area contributed by atoms with Crippen LogP contribution in [0.5, 0.6) is 0 Å². The third-order valence-electron chi connectivity index (χ3n) is 16.0. The van der Waals surface area contributed by atoms with Gasteiger partial charge in [0.15, 0.2) is 0 Å². The van der Waals surface area contributed by atoms with Crippen molar-refractivity contribution in [3.8, 4) is 0 Å². The molecule has 0 aromatic rings. The summed E-state index contributed by atoms with van der Waals surface area (Å²) in [6, 6.07) is -0.545. The molecular formula is C69H133NO5. The van der Waals surface area contributed by atoms with Crippen molar-refractivity contribution in [3.05, 3.63) is 24.3 Å². The first-order chi connectivity index (χ1) is 37.0. The Hall–Kier alpha value is -1.66. The van der Waals surface area contributed by atoms with Gasteiger partial charge in [0.05, 0.1) is 25.4 Å². The molecule has 0 saturated heterocycles. The fraction of sp³-hybridized carbons (Fsp3) is 0.913. The number of rotatable bonds is 64. The molecule has 0 aromatic heterocycles. The Morgan fingerprint density at radius 3 is 0.947 bits per heavy atom. The van der Waals surface area contributed by atoms with Crippen LogP contribution in [0.1, 0.15) is 380 Å². The van der Waals surface area contributed by atoms with Gasteiger partial charge in [0, 0.05) is 12.8 Å². The molecule has 1 amide bonds. The van der Waals surface area contributed by atoms with Crippen LogP contribution in [-0.4, -0.2) is 47.4 Å². The number of carbonyl (C=O) groups is 2. The van der Waals surface area contributed by atoms with Gasteiger partial charge in [0.25, 0.3) is 0 Å². The van der Waals surface area contributed by atoms with Crippen LogP contribution < -0.4 is 5.32 Å². The highest BCUT2D eigenvalue weighted by Crippen LogP contribution is 2.18. The van der Waals surface area contributed by atoms with Crippen molar-refractivity contribution >= 4 is 11.9 Å². The van der Waals surface area contributed by atoms with Crippen LogP contribution in [0, 0.1) is 0 Å². The Morgan fingerprint density at radius 2 is 0.627 bits per heavy atom. The minimum Gasteiger partial charge on any atom is -0.466 e. The zero-order valence-corrected chi connectivity index (χ0v) is 50.8. The van der Waals surface area contributed by atoms with Gasteiger partial charge in [-0.05, 0) is 77.0 Å². The molecule has 444 valence electrons. The Kier molecular flexibility index (Phi) is 63.4. The second kappa shape index (κ2) is 64.9. The van der Waals surface area contributed by atoms with E-state index in [1.807, 2.05) is 0 Å². The zero-order chi connectivity index (χ0) is 54.3. The first-order valence-corrected chi connectivity index (χ1v) is 34.1. The summed E-state index contributed by atoms with van der Waals surface area (Å²) in [5.41, 5.74) is 0. The number of esters is 1. The lowest BCUT2D eigenvalue weighted by molar-refractivity contribution is -0.143. The highest BCUT2D eigenvalue weighted by molar-refractivity contribution is 5.76. The highest BCUT2D eigenvalue weighted by Gasteiger charge is 2.20. The first-order valence-electron chi connectivity index (χ1n) is 34.1. The molecule has 0 spiro atoms. The van der Waals surface area contributed by atoms with E-state index in [2.05, 4.69) is 43.5 Å². The van der Waals surface area contributed by atoms with Crippen LogP contribution in [0.15, 0.2) is 24.3 Å². The quantitative estimate of drug-likeness (QED) is 0.0320. The second-order valence-electron chi connectivity index (χ2n) is 23.5. The Labute approximate surface area is 469 Å². The Balaban J connectivity index is 3.40. The topological polar surface area (TPSA) is 95.9 Å². The number of allylic oxidation sites excluding steroid dienone is 4. The van der Waals surface area contributed by atoms with E-state index < -0.39 is 12.1 Å². The maximum atomic E-state index is 12.5. The number of amides is 1. The summed E-state index contributed by atoms with van der Waals surface area (Å²) in [5, 5.41) is 23.4. The maximum absolute atomic E-state index is 12.5. The van der Waals surface area contributed by atoms with Crippen molar-refractivity contribution in [3.63, 3.8) is 0 Å². The number of carbonyl (C=O) groups excluding carboxylic acids is 2. The number of nitrogens with one attached hydrogen (secondary N) is 1. The molecule has 75 heavy (non-hydrogen) atoms. The smallest absolute Gasteiger partial charge is 0.305 e. The average Bonchev–Trinajstić information content (AvgIpc) is 3.41. The van der Waals surface area contributed by atoms with Crippen LogP contribution in [0.25, 0.3) is 0 Å². The number of hydrogen-bond donors (Lipinski definition) is 3. The van der Waals surface area contributed by atoms with Crippen molar-refractivity contribution < 1.29 is 24.5 Å². The fourth-order valence-electron chi connectivity index (χ4n) is 10.7. The molecule has 0 rings (SSSR count). The SMILES string of the molecule is CCCCCCC/C=C\CCCCCCCC(=O)OCCCCCCCCCCCCCC/C=C\CCCCCCCCCCC(=O)NC(CO)C(O)CCCCCCCCCCCCCCCCCCCCCC. The second-order valence-corrected chi connectivity index (χ2v) is 23.5. The van der Waals surface area contributed by atoms with Gasteiger partial charge in [-0.15, -0.1) is 0 Å². The zero-order valence-electron chi connectivity index (χ0n) is 50.8. The van der Waals surface area contributed by atoms with Crippen molar-refractivity contribution in [1.82, 2.24) is 5.32 Å². The van der Waals surface area contributed by atoms with E-state index in [1.165, 1.54) is 302 Å². The number of hydrogen-bond acceptors (Lipinski definition) is 5. The average molecular weight is 1060 g/mol. The normalized spacial score (nSPS) is 12.6. The molecule has 0 saturated carbocycles. The largest absolute Gasteiger partial charge is 0.466 e. The molecule has 0 aliphatic rings. The summed E-state index contributed by atoms with van der Waals surface area (Å²) in [4.78, 5) is 24.6. The van der Waals surface area contributed by atoms with Crippen LogP contribution in [0.4, 0.5) is 0 Å². The molecule has 0 bridgehead atoms. The van der Waals surface area contributed by atoms with E-state index in [0.717, 1.165) is 44.9 Å². The summed E-state index contributed by atoms with van der Waals surface area (Å²) in [6.45, 7) is 4.97. The number of ether oxygens (including phenoxy) is 1. The third-order valence-corrected chi connectivity index (χ3v) is 16.0. The van der Waals surface area contributed by atoms with Gasteiger partial charge in [-0.2, -0.15) is 0 Å². The first kappa shape index (κ1) is 73.3. The molecule has 2 atom stereocenters. The molecule has 0 radical (unpaired) electrons. The van der Waals surface area contributed by atoms with E-state index in [0.29, 0.717) is 25.9 Å². The van der Waals surface area contributed by atoms with E-state index in [-0.39, 0.29) is 18.5 Å². The lowest BCUT2D eigenvalue weighted by atomic mass is 10.0. The van der Waals surface area contributed by atoms with Gasteiger partial charge in [-0.1, -0.05) is 314 Å². The van der Waals surface area contributed by atoms with Gasteiger partial charge in [0.1, 0.15) is 0 Å². The summed E-state index contributed by atoms with van der Waals surface area (Å²) >= 11 is 0. The van der Waals surface area contributed by atoms with Gasteiger partial charge in [-0.3, -0.25) is 9.59 Å². The highest BCUT2D eigenvalue weighted by atomic mass is 16.5. The fourth-order valence-corrected chi connectivity index (χ4v) is 10.7. The number of aliphatic hydroxyl groups excluding tert-OH is 2. The number of unbranched alkanes of at least 4 members (excludes halogenated alkanes) is 49. The van der Waals surface area contributed by atoms with E-state index >= 15 is 0 Å². The number of aliphatic hydroxyl groups is 2. The molecular weight excluding hydrogens is 923 g/mol.